The molecule has 1 aromatic heterocycles. The highest BCUT2D eigenvalue weighted by Crippen LogP contribution is 2.15. The second kappa shape index (κ2) is 8.14. The van der Waals surface area contributed by atoms with Crippen LogP contribution in [0.5, 0.6) is 0 Å². The van der Waals surface area contributed by atoms with Crippen molar-refractivity contribution < 1.29 is 19.2 Å². The van der Waals surface area contributed by atoms with Gasteiger partial charge in [0.1, 0.15) is 4.20 Å². The zero-order valence-electron chi connectivity index (χ0n) is 12.6. The van der Waals surface area contributed by atoms with E-state index in [-0.39, 0.29) is 18.8 Å². The molecular weight excluding hydrogens is 306 g/mol. The van der Waals surface area contributed by atoms with E-state index in [9.17, 15) is 9.90 Å². The molecule has 1 heterocycles. The van der Waals surface area contributed by atoms with Crippen molar-refractivity contribution >= 4 is 39.8 Å². The van der Waals surface area contributed by atoms with Gasteiger partial charge in [0.2, 0.25) is 5.70 Å². The number of esters is 1. The summed E-state index contributed by atoms with van der Waals surface area (Å²) in [5.41, 5.74) is 2.37. The van der Waals surface area contributed by atoms with Crippen LogP contribution < -0.4 is 9.67 Å². The second-order valence-corrected chi connectivity index (χ2v) is 6.03. The number of carbonyl (C=O) groups is 1. The molecule has 0 atom stereocenters. The van der Waals surface area contributed by atoms with Gasteiger partial charge in [-0.25, -0.2) is 0 Å². The number of aromatic nitrogens is 1. The number of thioether (sulfide) groups is 1. The number of nitrogens with zero attached hydrogens (tertiary/aromatic N) is 1. The van der Waals surface area contributed by atoms with E-state index in [2.05, 4.69) is 0 Å². The first-order valence-electron chi connectivity index (χ1n) is 6.53. The number of aryl methyl sites for hydroxylation is 2. The molecule has 1 rings (SSSR count). The van der Waals surface area contributed by atoms with Gasteiger partial charge in [-0.1, -0.05) is 12.2 Å². The van der Waals surface area contributed by atoms with E-state index in [4.69, 9.17) is 17.0 Å². The van der Waals surface area contributed by atoms with Crippen LogP contribution in [0.25, 0.3) is 5.70 Å². The highest BCUT2D eigenvalue weighted by molar-refractivity contribution is 8.23. The molecule has 0 aliphatic heterocycles. The van der Waals surface area contributed by atoms with Gasteiger partial charge in [-0.05, 0) is 38.9 Å². The summed E-state index contributed by atoms with van der Waals surface area (Å²) in [5.74, 6) is -0.864. The van der Waals surface area contributed by atoms with Crippen molar-refractivity contribution in [3.63, 3.8) is 0 Å². The minimum atomic E-state index is -0.533. The Kier molecular flexibility index (Phi) is 6.84. The lowest BCUT2D eigenvalue weighted by Gasteiger charge is -2.14. The highest BCUT2D eigenvalue weighted by atomic mass is 32.2. The Bertz CT molecular complexity index is 562. The molecule has 0 amide bonds. The van der Waals surface area contributed by atoms with Crippen LogP contribution in [0.1, 0.15) is 24.5 Å². The fourth-order valence-corrected chi connectivity index (χ4v) is 2.56. The third-order valence-electron chi connectivity index (χ3n) is 2.65. The van der Waals surface area contributed by atoms with Gasteiger partial charge in [0.15, 0.2) is 12.4 Å². The first-order chi connectivity index (χ1) is 9.88. The SMILES string of the molecule is CCOC(=O)C/C([O-])=C(/C(=S)SC)[n+]1cc(C)cc(C)c1. The zero-order valence-corrected chi connectivity index (χ0v) is 14.3. The zero-order chi connectivity index (χ0) is 16.0. The summed E-state index contributed by atoms with van der Waals surface area (Å²) in [6, 6.07) is 2.01. The fraction of sp³-hybridized carbons (Fsp3) is 0.400. The Hall–Kier alpha value is -1.40. The van der Waals surface area contributed by atoms with Crippen LogP contribution in [0.2, 0.25) is 0 Å². The molecule has 4 nitrogen and oxygen atoms in total. The maximum Gasteiger partial charge on any atom is 0.309 e. The summed E-state index contributed by atoms with van der Waals surface area (Å²) < 4.78 is 6.98. The molecule has 0 aromatic carbocycles. The predicted octanol–water partition coefficient (Wildman–Crippen LogP) is 1.76. The maximum absolute atomic E-state index is 12.4. The van der Waals surface area contributed by atoms with Crippen molar-refractivity contribution in [3.05, 3.63) is 35.3 Å². The molecule has 0 spiro atoms. The van der Waals surface area contributed by atoms with Crippen LogP contribution >= 0.6 is 24.0 Å². The Balaban J connectivity index is 3.27. The monoisotopic (exact) mass is 325 g/mol. The summed E-state index contributed by atoms with van der Waals surface area (Å²) in [6.07, 6.45) is 5.16. The lowest BCUT2D eigenvalue weighted by molar-refractivity contribution is -0.581. The lowest BCUT2D eigenvalue weighted by Crippen LogP contribution is -2.38. The summed E-state index contributed by atoms with van der Waals surface area (Å²) >= 11 is 6.58. The number of ether oxygens (including phenoxy) is 1. The molecule has 0 radical (unpaired) electrons. The van der Waals surface area contributed by atoms with E-state index >= 15 is 0 Å². The minimum absolute atomic E-state index is 0.255. The van der Waals surface area contributed by atoms with E-state index in [0.717, 1.165) is 11.1 Å². The maximum atomic E-state index is 12.4. The molecule has 0 N–H and O–H groups in total. The third-order valence-corrected chi connectivity index (χ3v) is 3.91. The topological polar surface area (TPSA) is 53.2 Å². The molecule has 0 unspecified atom stereocenters. The summed E-state index contributed by atoms with van der Waals surface area (Å²) in [4.78, 5) is 11.5. The quantitative estimate of drug-likeness (QED) is 0.271. The Morgan fingerprint density at radius 1 is 1.38 bits per heavy atom. The molecule has 0 fully saturated rings. The van der Waals surface area contributed by atoms with E-state index in [1.165, 1.54) is 11.8 Å². The first-order valence-corrected chi connectivity index (χ1v) is 8.16. The molecule has 0 saturated heterocycles. The van der Waals surface area contributed by atoms with Gasteiger partial charge in [-0.2, -0.15) is 4.57 Å². The van der Waals surface area contributed by atoms with Gasteiger partial charge in [0.05, 0.1) is 13.0 Å². The van der Waals surface area contributed by atoms with Crippen molar-refractivity contribution in [2.24, 2.45) is 0 Å². The van der Waals surface area contributed by atoms with Gasteiger partial charge in [0, 0.05) is 11.1 Å². The average molecular weight is 325 g/mol. The second-order valence-electron chi connectivity index (χ2n) is 4.54. The van der Waals surface area contributed by atoms with Crippen molar-refractivity contribution in [2.75, 3.05) is 12.9 Å². The van der Waals surface area contributed by atoms with E-state index < -0.39 is 5.97 Å². The standard InChI is InChI=1S/C15H19NO3S2/c1-5-19-13(18)7-12(17)14(15(20)21-4)16-8-10(2)6-11(3)9-16/h6,8-9H,5,7H2,1-4H3. The van der Waals surface area contributed by atoms with Crippen LogP contribution in [0.15, 0.2) is 24.2 Å². The fourth-order valence-electron chi connectivity index (χ4n) is 1.93. The van der Waals surface area contributed by atoms with E-state index in [0.29, 0.717) is 9.89 Å². The van der Waals surface area contributed by atoms with Crippen molar-refractivity contribution in [3.8, 4) is 0 Å². The van der Waals surface area contributed by atoms with Crippen LogP contribution in [0.3, 0.4) is 0 Å². The van der Waals surface area contributed by atoms with Crippen LogP contribution in [0.4, 0.5) is 0 Å². The molecule has 1 aromatic rings. The summed E-state index contributed by atoms with van der Waals surface area (Å²) in [7, 11) is 0. The molecule has 0 saturated carbocycles. The minimum Gasteiger partial charge on any atom is -0.871 e. The third kappa shape index (κ3) is 5.13. The number of hydrogen-bond donors (Lipinski definition) is 0. The Labute approximate surface area is 134 Å². The first kappa shape index (κ1) is 17.7. The molecule has 0 aliphatic rings. The van der Waals surface area contributed by atoms with Crippen molar-refractivity contribution in [2.45, 2.75) is 27.2 Å². The van der Waals surface area contributed by atoms with Crippen LogP contribution in [-0.2, 0) is 9.53 Å². The van der Waals surface area contributed by atoms with Gasteiger partial charge in [-0.3, -0.25) is 4.79 Å². The van der Waals surface area contributed by atoms with Crippen LogP contribution in [-0.4, -0.2) is 23.0 Å². The van der Waals surface area contributed by atoms with Crippen LogP contribution in [0, 0.1) is 13.8 Å². The Morgan fingerprint density at radius 3 is 2.43 bits per heavy atom. The molecule has 21 heavy (non-hydrogen) atoms. The number of rotatable bonds is 5. The van der Waals surface area contributed by atoms with E-state index in [1.54, 1.807) is 11.5 Å². The number of thiocarbonyl (C=S) groups is 1. The lowest BCUT2D eigenvalue weighted by atomic mass is 10.2. The molecule has 0 bridgehead atoms. The van der Waals surface area contributed by atoms with Gasteiger partial charge in [0.25, 0.3) is 0 Å². The molecule has 0 aliphatic carbocycles. The van der Waals surface area contributed by atoms with Gasteiger partial charge < -0.3 is 9.84 Å². The van der Waals surface area contributed by atoms with Gasteiger partial charge in [-0.15, -0.1) is 11.8 Å². The average Bonchev–Trinajstić information content (AvgIpc) is 2.37. The predicted molar refractivity (Wildman–Crippen MR) is 86.7 cm³/mol. The number of pyridine rings is 1. The smallest absolute Gasteiger partial charge is 0.309 e. The summed E-state index contributed by atoms with van der Waals surface area (Å²) in [6.45, 7) is 5.85. The highest BCUT2D eigenvalue weighted by Gasteiger charge is 2.19. The van der Waals surface area contributed by atoms with Crippen molar-refractivity contribution in [1.29, 1.82) is 0 Å². The molecule has 6 heteroatoms. The Morgan fingerprint density at radius 2 is 1.95 bits per heavy atom. The van der Waals surface area contributed by atoms with Crippen molar-refractivity contribution in [1.82, 2.24) is 0 Å². The molecule has 114 valence electrons. The molecular formula is C15H19NO3S2. The largest absolute Gasteiger partial charge is 0.871 e. The van der Waals surface area contributed by atoms with Gasteiger partial charge >= 0.3 is 5.97 Å². The number of hydrogen-bond acceptors (Lipinski definition) is 5. The van der Waals surface area contributed by atoms with E-state index in [1.807, 2.05) is 38.6 Å². The number of carbonyl (C=O) groups excluding carboxylic acids is 1. The normalized spacial score (nSPS) is 11.8. The summed E-state index contributed by atoms with van der Waals surface area (Å²) in [5, 5.41) is 12.4.